The first-order chi connectivity index (χ1) is 14.6. The van der Waals surface area contributed by atoms with Crippen molar-refractivity contribution in [3.63, 3.8) is 0 Å². The Kier molecular flexibility index (Phi) is 8.31. The van der Waals surface area contributed by atoms with Crippen LogP contribution >= 0.6 is 0 Å². The second-order valence-corrected chi connectivity index (χ2v) is 7.33. The van der Waals surface area contributed by atoms with E-state index in [0.717, 1.165) is 22.3 Å². The largest absolute Gasteiger partial charge is 0.455 e. The van der Waals surface area contributed by atoms with Gasteiger partial charge in [0.2, 0.25) is 5.91 Å². The van der Waals surface area contributed by atoms with Gasteiger partial charge in [0, 0.05) is 12.6 Å². The molecule has 8 nitrogen and oxygen atoms in total. The van der Waals surface area contributed by atoms with Gasteiger partial charge in [0.15, 0.2) is 6.61 Å². The van der Waals surface area contributed by atoms with Crippen molar-refractivity contribution in [2.45, 2.75) is 40.2 Å². The summed E-state index contributed by atoms with van der Waals surface area (Å²) in [6.07, 6.45) is -0.148. The molecule has 0 aliphatic heterocycles. The molecule has 0 saturated carbocycles. The molecule has 0 radical (unpaired) electrons. The van der Waals surface area contributed by atoms with Crippen molar-refractivity contribution in [2.24, 2.45) is 0 Å². The molecule has 31 heavy (non-hydrogen) atoms. The normalized spacial score (nSPS) is 11.2. The third-order valence-electron chi connectivity index (χ3n) is 4.61. The lowest BCUT2D eigenvalue weighted by atomic mass is 10.0. The maximum Gasteiger partial charge on any atom is 0.325 e. The first-order valence-corrected chi connectivity index (χ1v) is 9.81. The molecular weight excluding hydrogens is 398 g/mol. The van der Waals surface area contributed by atoms with Crippen LogP contribution in [0.15, 0.2) is 42.5 Å². The number of amides is 4. The van der Waals surface area contributed by atoms with Crippen molar-refractivity contribution >= 4 is 29.5 Å². The van der Waals surface area contributed by atoms with E-state index in [1.165, 1.54) is 6.92 Å². The number of ether oxygens (including phenoxy) is 1. The van der Waals surface area contributed by atoms with Gasteiger partial charge < -0.3 is 15.4 Å². The highest BCUT2D eigenvalue weighted by atomic mass is 16.5. The lowest BCUT2D eigenvalue weighted by Gasteiger charge is -2.18. The van der Waals surface area contributed by atoms with Gasteiger partial charge in [0.05, 0.1) is 12.5 Å². The number of carbonyl (C=O) groups is 4. The number of benzene rings is 2. The van der Waals surface area contributed by atoms with Gasteiger partial charge in [-0.25, -0.2) is 4.79 Å². The summed E-state index contributed by atoms with van der Waals surface area (Å²) in [5.41, 5.74) is 4.41. The van der Waals surface area contributed by atoms with Crippen LogP contribution in [0.3, 0.4) is 0 Å². The average Bonchev–Trinajstić information content (AvgIpc) is 2.69. The maximum atomic E-state index is 12.2. The topological polar surface area (TPSA) is 114 Å². The smallest absolute Gasteiger partial charge is 0.325 e. The Hall–Kier alpha value is -3.68. The molecule has 0 aliphatic carbocycles. The minimum absolute atomic E-state index is 0.148. The van der Waals surface area contributed by atoms with Crippen LogP contribution in [0, 0.1) is 20.8 Å². The van der Waals surface area contributed by atoms with Gasteiger partial charge in [0.25, 0.3) is 5.91 Å². The highest BCUT2D eigenvalue weighted by Crippen LogP contribution is 2.18. The summed E-state index contributed by atoms with van der Waals surface area (Å²) in [5.74, 6) is -1.73. The van der Waals surface area contributed by atoms with E-state index in [9.17, 15) is 19.2 Å². The Labute approximate surface area is 181 Å². The number of aryl methyl sites for hydroxylation is 3. The van der Waals surface area contributed by atoms with E-state index < -0.39 is 30.6 Å². The number of rotatable bonds is 7. The number of nitrogens with one attached hydrogen (secondary N) is 3. The van der Waals surface area contributed by atoms with Gasteiger partial charge in [-0.3, -0.25) is 19.7 Å². The molecule has 2 rings (SSSR count). The summed E-state index contributed by atoms with van der Waals surface area (Å²) in [6, 6.07) is 11.4. The Morgan fingerprint density at radius 2 is 1.61 bits per heavy atom. The second kappa shape index (κ2) is 10.9. The van der Waals surface area contributed by atoms with E-state index in [0.29, 0.717) is 5.69 Å². The average molecular weight is 425 g/mol. The molecule has 1 atom stereocenters. The minimum atomic E-state index is -0.763. The highest BCUT2D eigenvalue weighted by molar-refractivity contribution is 6.01. The van der Waals surface area contributed by atoms with Gasteiger partial charge in [0.1, 0.15) is 0 Å². The third-order valence-corrected chi connectivity index (χ3v) is 4.61. The van der Waals surface area contributed by atoms with E-state index >= 15 is 0 Å². The van der Waals surface area contributed by atoms with Crippen molar-refractivity contribution in [1.82, 2.24) is 10.6 Å². The Morgan fingerprint density at radius 1 is 0.935 bits per heavy atom. The van der Waals surface area contributed by atoms with E-state index in [1.807, 2.05) is 51.1 Å². The summed E-state index contributed by atoms with van der Waals surface area (Å²) in [7, 11) is 0. The van der Waals surface area contributed by atoms with E-state index in [1.54, 1.807) is 12.1 Å². The first kappa shape index (κ1) is 23.6. The van der Waals surface area contributed by atoms with Gasteiger partial charge in [-0.05, 0) is 49.6 Å². The number of hydrogen-bond donors (Lipinski definition) is 3. The molecule has 2 aromatic carbocycles. The van der Waals surface area contributed by atoms with Crippen molar-refractivity contribution in [1.29, 1.82) is 0 Å². The van der Waals surface area contributed by atoms with Crippen LogP contribution in [-0.2, 0) is 19.1 Å². The van der Waals surface area contributed by atoms with Gasteiger partial charge >= 0.3 is 12.0 Å². The second-order valence-electron chi connectivity index (χ2n) is 7.33. The zero-order valence-corrected chi connectivity index (χ0v) is 18.1. The molecule has 0 spiro atoms. The predicted octanol–water partition coefficient (Wildman–Crippen LogP) is 3.07. The maximum absolute atomic E-state index is 12.2. The minimum Gasteiger partial charge on any atom is -0.455 e. The number of carbonyl (C=O) groups excluding carboxylic acids is 4. The van der Waals surface area contributed by atoms with Crippen molar-refractivity contribution < 1.29 is 23.9 Å². The van der Waals surface area contributed by atoms with Gasteiger partial charge in [-0.2, -0.15) is 0 Å². The molecule has 1 unspecified atom stereocenters. The van der Waals surface area contributed by atoms with Crippen LogP contribution in [0.4, 0.5) is 10.5 Å². The molecule has 2 aromatic rings. The quantitative estimate of drug-likeness (QED) is 0.590. The van der Waals surface area contributed by atoms with Crippen LogP contribution in [0.2, 0.25) is 0 Å². The van der Waals surface area contributed by atoms with Crippen LogP contribution in [0.1, 0.15) is 41.6 Å². The van der Waals surface area contributed by atoms with Crippen LogP contribution in [0.5, 0.6) is 0 Å². The number of esters is 1. The van der Waals surface area contributed by atoms with Crippen LogP contribution in [0.25, 0.3) is 0 Å². The molecule has 8 heteroatoms. The molecule has 164 valence electrons. The fourth-order valence-electron chi connectivity index (χ4n) is 2.81. The molecule has 4 amide bonds. The number of anilines is 1. The number of hydrogen-bond acceptors (Lipinski definition) is 5. The summed E-state index contributed by atoms with van der Waals surface area (Å²) >= 11 is 0. The summed E-state index contributed by atoms with van der Waals surface area (Å²) in [4.78, 5) is 47.5. The number of imide groups is 1. The fraction of sp³-hybridized carbons (Fsp3) is 0.304. The van der Waals surface area contributed by atoms with Crippen molar-refractivity contribution in [2.75, 3.05) is 11.9 Å². The molecule has 3 N–H and O–H groups in total. The number of urea groups is 1. The Morgan fingerprint density at radius 3 is 2.23 bits per heavy atom. The van der Waals surface area contributed by atoms with E-state index in [-0.39, 0.29) is 12.3 Å². The molecular formula is C23H27N3O5. The Bertz CT molecular complexity index is 970. The van der Waals surface area contributed by atoms with E-state index in [4.69, 9.17) is 4.74 Å². The molecule has 0 fully saturated rings. The van der Waals surface area contributed by atoms with Crippen LogP contribution < -0.4 is 16.0 Å². The summed E-state index contributed by atoms with van der Waals surface area (Å²) in [5, 5.41) is 7.35. The van der Waals surface area contributed by atoms with Gasteiger partial charge in [-0.1, -0.05) is 35.9 Å². The zero-order valence-electron chi connectivity index (χ0n) is 18.1. The van der Waals surface area contributed by atoms with Crippen LogP contribution in [-0.4, -0.2) is 30.4 Å². The Balaban J connectivity index is 1.84. The van der Waals surface area contributed by atoms with Gasteiger partial charge in [-0.15, -0.1) is 0 Å². The summed E-state index contributed by atoms with van der Waals surface area (Å²) < 4.78 is 4.96. The SMILES string of the molecule is CC(=O)NC(CC(=O)OCC(=O)NC(=O)Nc1ccc(C)c(C)c1)c1ccc(C)cc1. The molecule has 0 heterocycles. The standard InChI is InChI=1S/C23H27N3O5/c1-14-5-8-18(9-6-14)20(24-17(4)27)12-22(29)31-13-21(28)26-23(30)25-19-10-7-15(2)16(3)11-19/h5-11,20H,12-13H2,1-4H3,(H,24,27)(H2,25,26,28,30). The molecule has 0 saturated heterocycles. The monoisotopic (exact) mass is 425 g/mol. The first-order valence-electron chi connectivity index (χ1n) is 9.81. The lowest BCUT2D eigenvalue weighted by molar-refractivity contribution is -0.148. The zero-order chi connectivity index (χ0) is 23.0. The molecule has 0 aromatic heterocycles. The van der Waals surface area contributed by atoms with E-state index in [2.05, 4.69) is 16.0 Å². The summed E-state index contributed by atoms with van der Waals surface area (Å²) in [6.45, 7) is 6.54. The van der Waals surface area contributed by atoms with Crippen molar-refractivity contribution in [3.8, 4) is 0 Å². The highest BCUT2D eigenvalue weighted by Gasteiger charge is 2.19. The molecule has 0 bridgehead atoms. The predicted molar refractivity (Wildman–Crippen MR) is 116 cm³/mol. The third kappa shape index (κ3) is 7.93. The van der Waals surface area contributed by atoms with Crippen molar-refractivity contribution in [3.05, 3.63) is 64.7 Å². The fourth-order valence-corrected chi connectivity index (χ4v) is 2.81. The molecule has 0 aliphatic rings. The lowest BCUT2D eigenvalue weighted by Crippen LogP contribution is -2.37.